The van der Waals surface area contributed by atoms with Crippen LogP contribution in [0.15, 0.2) is 108 Å². The predicted molar refractivity (Wildman–Crippen MR) is 181 cm³/mol. The van der Waals surface area contributed by atoms with Crippen molar-refractivity contribution in [2.75, 3.05) is 14.2 Å². The summed E-state index contributed by atoms with van der Waals surface area (Å²) in [5, 5.41) is 18.6. The van der Waals surface area contributed by atoms with E-state index in [-0.39, 0.29) is 31.9 Å². The molecule has 15 nitrogen and oxygen atoms in total. The van der Waals surface area contributed by atoms with Gasteiger partial charge in [0.15, 0.2) is 0 Å². The number of rotatable bonds is 10. The third kappa shape index (κ3) is 5.70. The first-order chi connectivity index (χ1) is 24.3. The van der Waals surface area contributed by atoms with Crippen LogP contribution in [-0.4, -0.2) is 53.3 Å². The van der Waals surface area contributed by atoms with Gasteiger partial charge in [-0.2, -0.15) is 0 Å². The summed E-state index contributed by atoms with van der Waals surface area (Å²) >= 11 is 0. The van der Waals surface area contributed by atoms with E-state index in [1.807, 2.05) is 24.3 Å². The maximum Gasteiger partial charge on any atom is 0.336 e. The van der Waals surface area contributed by atoms with E-state index in [4.69, 9.17) is 18.3 Å². The molecule has 8 rings (SSSR count). The van der Waals surface area contributed by atoms with E-state index in [1.54, 1.807) is 81.5 Å². The molecule has 0 N–H and O–H groups in total. The number of nitrogens with zero attached hydrogens (tertiary/aromatic N) is 8. The molecule has 5 aromatic heterocycles. The van der Waals surface area contributed by atoms with Gasteiger partial charge in [0.2, 0.25) is 0 Å². The minimum absolute atomic E-state index is 0.164. The first kappa shape index (κ1) is 30.6. The van der Waals surface area contributed by atoms with Crippen LogP contribution in [0.3, 0.4) is 0 Å². The fourth-order valence-electron chi connectivity index (χ4n) is 6.16. The van der Waals surface area contributed by atoms with Crippen LogP contribution in [0.25, 0.3) is 33.0 Å². The van der Waals surface area contributed by atoms with Crippen LogP contribution in [-0.2, 0) is 26.2 Å². The van der Waals surface area contributed by atoms with E-state index in [0.717, 1.165) is 21.8 Å². The molecule has 0 saturated heterocycles. The summed E-state index contributed by atoms with van der Waals surface area (Å²) < 4.78 is 27.9. The minimum Gasteiger partial charge on any atom is -0.497 e. The van der Waals surface area contributed by atoms with Crippen LogP contribution < -0.4 is 26.4 Å². The van der Waals surface area contributed by atoms with Gasteiger partial charge in [-0.3, -0.25) is 9.13 Å². The normalized spacial score (nSPS) is 11.6. The average Bonchev–Trinajstić information content (AvgIpc) is 3.83. The summed E-state index contributed by atoms with van der Waals surface area (Å²) in [5.41, 5.74) is 3.61. The lowest BCUT2D eigenvalue weighted by atomic mass is 10.1. The van der Waals surface area contributed by atoms with Gasteiger partial charge in [-0.15, -0.1) is 10.2 Å². The summed E-state index contributed by atoms with van der Waals surface area (Å²) in [4.78, 5) is 38.4. The van der Waals surface area contributed by atoms with Gasteiger partial charge in [0.25, 0.3) is 0 Å². The number of hydrogen-bond acceptors (Lipinski definition) is 11. The molecule has 0 aliphatic carbocycles. The number of ether oxygens (including phenoxy) is 2. The van der Waals surface area contributed by atoms with Crippen LogP contribution in [0.2, 0.25) is 0 Å². The Bertz CT molecular complexity index is 2550. The smallest absolute Gasteiger partial charge is 0.336 e. The summed E-state index contributed by atoms with van der Waals surface area (Å²) in [7, 11) is 3.14. The van der Waals surface area contributed by atoms with Gasteiger partial charge in [0, 0.05) is 22.9 Å². The van der Waals surface area contributed by atoms with Crippen LogP contribution in [0.1, 0.15) is 22.5 Å². The van der Waals surface area contributed by atoms with Crippen molar-refractivity contribution in [1.82, 2.24) is 39.1 Å². The molecule has 0 aliphatic rings. The highest BCUT2D eigenvalue weighted by molar-refractivity contribution is 5.82. The molecular formula is C35H28N8O7. The van der Waals surface area contributed by atoms with Crippen molar-refractivity contribution in [2.24, 2.45) is 0 Å². The maximum absolute atomic E-state index is 13.9. The molecule has 0 aliphatic heterocycles. The van der Waals surface area contributed by atoms with Gasteiger partial charge in [0.05, 0.1) is 63.8 Å². The molecule has 0 fully saturated rings. The monoisotopic (exact) mass is 672 g/mol. The van der Waals surface area contributed by atoms with Gasteiger partial charge < -0.3 is 18.3 Å². The minimum atomic E-state index is -0.473. The summed E-state index contributed by atoms with van der Waals surface area (Å²) in [5.74, 6) is 1.26. The zero-order valence-electron chi connectivity index (χ0n) is 26.8. The maximum atomic E-state index is 13.9. The van der Waals surface area contributed by atoms with Gasteiger partial charge in [-0.1, -0.05) is 22.6 Å². The molecule has 0 atom stereocenters. The van der Waals surface area contributed by atoms with E-state index < -0.39 is 11.3 Å². The summed E-state index contributed by atoms with van der Waals surface area (Å²) in [6.45, 7) is 0.840. The van der Waals surface area contributed by atoms with Crippen LogP contribution in [0.5, 0.6) is 11.5 Å². The number of benzene rings is 3. The van der Waals surface area contributed by atoms with E-state index in [0.29, 0.717) is 45.2 Å². The summed E-state index contributed by atoms with van der Waals surface area (Å²) in [6, 6.07) is 20.8. The fourth-order valence-corrected chi connectivity index (χ4v) is 6.16. The Kier molecular flexibility index (Phi) is 7.55. The lowest BCUT2D eigenvalue weighted by Crippen LogP contribution is -2.25. The lowest BCUT2D eigenvalue weighted by Gasteiger charge is -2.07. The molecular weight excluding hydrogens is 644 g/mol. The Hall–Kier alpha value is -6.77. The largest absolute Gasteiger partial charge is 0.497 e. The topological polar surface area (TPSA) is 167 Å². The zero-order valence-corrected chi connectivity index (χ0v) is 26.8. The Balaban J connectivity index is 1.05. The number of imidazole rings is 1. The van der Waals surface area contributed by atoms with Gasteiger partial charge in [0.1, 0.15) is 34.1 Å². The van der Waals surface area contributed by atoms with Gasteiger partial charge >= 0.3 is 16.9 Å². The molecule has 0 bridgehead atoms. The molecule has 0 spiro atoms. The molecule has 15 heteroatoms. The lowest BCUT2D eigenvalue weighted by molar-refractivity contribution is 0.415. The summed E-state index contributed by atoms with van der Waals surface area (Å²) in [6.07, 6.45) is 3.49. The standard InChI is InChI=1S/C35H28N8O7/c1-47-25-7-9-31-27(13-25)21(11-33(44)49-31)15-40-17-23(36-38-40)19-42-29-5-3-4-6-30(29)43(35(42)46)20-24-18-41(39-37-24)16-22-12-34(45)50-32-10-8-26(48-2)14-28(22)32/h3-14,17-18H,15-16,19-20H2,1-2H3. The molecule has 0 radical (unpaired) electrons. The molecule has 8 aromatic rings. The van der Waals surface area contributed by atoms with Crippen molar-refractivity contribution in [3.8, 4) is 11.5 Å². The van der Waals surface area contributed by atoms with Crippen molar-refractivity contribution in [2.45, 2.75) is 26.2 Å². The number of methoxy groups -OCH3 is 2. The van der Waals surface area contributed by atoms with Crippen LogP contribution in [0, 0.1) is 0 Å². The molecule has 250 valence electrons. The molecule has 50 heavy (non-hydrogen) atoms. The van der Waals surface area contributed by atoms with E-state index in [1.165, 1.54) is 12.1 Å². The Morgan fingerprint density at radius 3 is 1.50 bits per heavy atom. The second-order valence-corrected chi connectivity index (χ2v) is 11.7. The van der Waals surface area contributed by atoms with Crippen molar-refractivity contribution in [1.29, 1.82) is 0 Å². The second kappa shape index (κ2) is 12.4. The first-order valence-electron chi connectivity index (χ1n) is 15.5. The Morgan fingerprint density at radius 2 is 1.06 bits per heavy atom. The first-order valence-corrected chi connectivity index (χ1v) is 15.5. The molecule has 0 saturated carbocycles. The van der Waals surface area contributed by atoms with E-state index in [2.05, 4.69) is 20.6 Å². The third-order valence-corrected chi connectivity index (χ3v) is 8.47. The number of fused-ring (bicyclic) bond motifs is 3. The van der Waals surface area contributed by atoms with Crippen LogP contribution >= 0.6 is 0 Å². The highest BCUT2D eigenvalue weighted by Crippen LogP contribution is 2.25. The zero-order chi connectivity index (χ0) is 34.4. The van der Waals surface area contributed by atoms with E-state index >= 15 is 0 Å². The van der Waals surface area contributed by atoms with Gasteiger partial charge in [-0.25, -0.2) is 23.7 Å². The number of aromatic nitrogens is 8. The second-order valence-electron chi connectivity index (χ2n) is 11.7. The highest BCUT2D eigenvalue weighted by Gasteiger charge is 2.17. The average molecular weight is 673 g/mol. The SMILES string of the molecule is COc1ccc2oc(=O)cc(Cn3cc(Cn4c(=O)n(Cc5cn(Cc6cc(=O)oc7ccc(OC)cc67)nn5)c5ccccc54)nn3)c2c1. The molecule has 0 amide bonds. The predicted octanol–water partition coefficient (Wildman–Crippen LogP) is 3.41. The van der Waals surface area contributed by atoms with Crippen molar-refractivity contribution < 1.29 is 18.3 Å². The molecule has 3 aromatic carbocycles. The number of hydrogen-bond donors (Lipinski definition) is 0. The Labute approximate surface area is 281 Å². The quantitative estimate of drug-likeness (QED) is 0.195. The van der Waals surface area contributed by atoms with Crippen molar-refractivity contribution in [3.05, 3.63) is 139 Å². The van der Waals surface area contributed by atoms with Crippen LogP contribution in [0.4, 0.5) is 0 Å². The van der Waals surface area contributed by atoms with Crippen molar-refractivity contribution >= 4 is 33.0 Å². The fraction of sp³-hybridized carbons (Fsp3) is 0.171. The molecule has 5 heterocycles. The third-order valence-electron chi connectivity index (χ3n) is 8.47. The Morgan fingerprint density at radius 1 is 0.600 bits per heavy atom. The van der Waals surface area contributed by atoms with Crippen molar-refractivity contribution in [3.63, 3.8) is 0 Å². The van der Waals surface area contributed by atoms with Gasteiger partial charge in [-0.05, 0) is 59.7 Å². The van der Waals surface area contributed by atoms with E-state index in [9.17, 15) is 14.4 Å². The highest BCUT2D eigenvalue weighted by atomic mass is 16.5. The number of para-hydroxylation sites is 2. The molecule has 0 unspecified atom stereocenters.